The standard InChI is InChI=1S/C16H18BrNO/c1-10-4-6-14(8-11(10)2)19-16-7-5-13(12(3)18)9-15(16)17/h4-9,12H,18H2,1-3H3/t12-/m0/s1. The van der Waals surface area contributed by atoms with Crippen LogP contribution in [0.15, 0.2) is 40.9 Å². The number of benzene rings is 2. The van der Waals surface area contributed by atoms with Gasteiger partial charge in [0.15, 0.2) is 0 Å². The molecule has 0 aliphatic heterocycles. The summed E-state index contributed by atoms with van der Waals surface area (Å²) in [6.45, 7) is 6.13. The van der Waals surface area contributed by atoms with Crippen LogP contribution in [0.25, 0.3) is 0 Å². The van der Waals surface area contributed by atoms with Crippen LogP contribution in [0.2, 0.25) is 0 Å². The first-order chi connectivity index (χ1) is 8.97. The van der Waals surface area contributed by atoms with E-state index in [1.54, 1.807) is 0 Å². The maximum Gasteiger partial charge on any atom is 0.141 e. The molecule has 0 saturated carbocycles. The fourth-order valence-corrected chi connectivity index (χ4v) is 2.26. The van der Waals surface area contributed by atoms with Crippen molar-refractivity contribution in [2.75, 3.05) is 0 Å². The SMILES string of the molecule is Cc1ccc(Oc2ccc([C@H](C)N)cc2Br)cc1C. The van der Waals surface area contributed by atoms with Crippen LogP contribution >= 0.6 is 15.9 Å². The van der Waals surface area contributed by atoms with Crippen molar-refractivity contribution in [3.8, 4) is 11.5 Å². The molecule has 1 atom stereocenters. The molecule has 2 aromatic carbocycles. The fourth-order valence-electron chi connectivity index (χ4n) is 1.79. The van der Waals surface area contributed by atoms with E-state index in [1.807, 2.05) is 37.3 Å². The van der Waals surface area contributed by atoms with Gasteiger partial charge in [-0.25, -0.2) is 0 Å². The molecule has 19 heavy (non-hydrogen) atoms. The zero-order valence-corrected chi connectivity index (χ0v) is 13.0. The van der Waals surface area contributed by atoms with Gasteiger partial charge in [-0.05, 0) is 77.7 Å². The molecule has 2 N–H and O–H groups in total. The lowest BCUT2D eigenvalue weighted by molar-refractivity contribution is 0.478. The van der Waals surface area contributed by atoms with Gasteiger partial charge in [0.2, 0.25) is 0 Å². The van der Waals surface area contributed by atoms with E-state index in [-0.39, 0.29) is 6.04 Å². The van der Waals surface area contributed by atoms with Crippen molar-refractivity contribution in [1.82, 2.24) is 0 Å². The highest BCUT2D eigenvalue weighted by Gasteiger charge is 2.07. The Labute approximate surface area is 122 Å². The molecule has 0 spiro atoms. The normalized spacial score (nSPS) is 12.3. The molecule has 0 aromatic heterocycles. The minimum absolute atomic E-state index is 0.0203. The van der Waals surface area contributed by atoms with Gasteiger partial charge >= 0.3 is 0 Å². The average Bonchev–Trinajstić information content (AvgIpc) is 2.36. The summed E-state index contributed by atoms with van der Waals surface area (Å²) in [6.07, 6.45) is 0. The number of aryl methyl sites for hydroxylation is 2. The van der Waals surface area contributed by atoms with Crippen molar-refractivity contribution < 1.29 is 4.74 Å². The van der Waals surface area contributed by atoms with Crippen LogP contribution < -0.4 is 10.5 Å². The Kier molecular flexibility index (Phi) is 4.27. The maximum atomic E-state index is 5.89. The molecule has 100 valence electrons. The molecule has 2 aromatic rings. The molecule has 3 heteroatoms. The monoisotopic (exact) mass is 319 g/mol. The molecule has 2 rings (SSSR count). The Morgan fingerprint density at radius 2 is 1.79 bits per heavy atom. The van der Waals surface area contributed by atoms with Crippen LogP contribution in [0.4, 0.5) is 0 Å². The highest BCUT2D eigenvalue weighted by atomic mass is 79.9. The third kappa shape index (κ3) is 3.37. The number of halogens is 1. The smallest absolute Gasteiger partial charge is 0.141 e. The second-order valence-corrected chi connectivity index (χ2v) is 5.68. The lowest BCUT2D eigenvalue weighted by atomic mass is 10.1. The minimum atomic E-state index is 0.0203. The summed E-state index contributed by atoms with van der Waals surface area (Å²) in [4.78, 5) is 0. The first kappa shape index (κ1) is 14.1. The van der Waals surface area contributed by atoms with E-state index in [0.29, 0.717) is 0 Å². The molecular formula is C16H18BrNO. The van der Waals surface area contributed by atoms with Crippen LogP contribution in [0.3, 0.4) is 0 Å². The van der Waals surface area contributed by atoms with Crippen LogP contribution in [0.1, 0.15) is 29.7 Å². The Morgan fingerprint density at radius 3 is 2.37 bits per heavy atom. The number of rotatable bonds is 3. The summed E-state index contributed by atoms with van der Waals surface area (Å²) in [7, 11) is 0. The number of nitrogens with two attached hydrogens (primary N) is 1. The van der Waals surface area contributed by atoms with Gasteiger partial charge in [-0.3, -0.25) is 0 Å². The fraction of sp³-hybridized carbons (Fsp3) is 0.250. The van der Waals surface area contributed by atoms with Gasteiger partial charge in [-0.2, -0.15) is 0 Å². The van der Waals surface area contributed by atoms with E-state index < -0.39 is 0 Å². The molecule has 0 radical (unpaired) electrons. The molecule has 0 amide bonds. The van der Waals surface area contributed by atoms with E-state index in [1.165, 1.54) is 11.1 Å². The van der Waals surface area contributed by atoms with Crippen molar-refractivity contribution >= 4 is 15.9 Å². The third-order valence-corrected chi connectivity index (χ3v) is 3.81. The highest BCUT2D eigenvalue weighted by molar-refractivity contribution is 9.10. The summed E-state index contributed by atoms with van der Waals surface area (Å²) in [6, 6.07) is 12.0. The van der Waals surface area contributed by atoms with Crippen LogP contribution in [0.5, 0.6) is 11.5 Å². The Balaban J connectivity index is 2.25. The Bertz CT molecular complexity index is 593. The van der Waals surface area contributed by atoms with Gasteiger partial charge in [-0.15, -0.1) is 0 Å². The van der Waals surface area contributed by atoms with Gasteiger partial charge in [0.1, 0.15) is 11.5 Å². The molecule has 0 heterocycles. The van der Waals surface area contributed by atoms with E-state index in [0.717, 1.165) is 21.5 Å². The van der Waals surface area contributed by atoms with Gasteiger partial charge in [-0.1, -0.05) is 12.1 Å². The Morgan fingerprint density at radius 1 is 1.05 bits per heavy atom. The van der Waals surface area contributed by atoms with E-state index in [2.05, 4.69) is 35.8 Å². The van der Waals surface area contributed by atoms with E-state index in [4.69, 9.17) is 10.5 Å². The summed E-state index contributed by atoms with van der Waals surface area (Å²) in [5.41, 5.74) is 9.43. The van der Waals surface area contributed by atoms with Gasteiger partial charge in [0.05, 0.1) is 4.47 Å². The molecule has 0 fully saturated rings. The van der Waals surface area contributed by atoms with Crippen molar-refractivity contribution in [2.45, 2.75) is 26.8 Å². The van der Waals surface area contributed by atoms with Gasteiger partial charge < -0.3 is 10.5 Å². The average molecular weight is 320 g/mol. The second kappa shape index (κ2) is 5.76. The number of ether oxygens (including phenoxy) is 1. The van der Waals surface area contributed by atoms with Crippen LogP contribution in [0, 0.1) is 13.8 Å². The van der Waals surface area contributed by atoms with E-state index in [9.17, 15) is 0 Å². The molecule has 0 aliphatic rings. The highest BCUT2D eigenvalue weighted by Crippen LogP contribution is 2.32. The predicted molar refractivity (Wildman–Crippen MR) is 82.7 cm³/mol. The molecule has 0 aliphatic carbocycles. The largest absolute Gasteiger partial charge is 0.456 e. The van der Waals surface area contributed by atoms with Crippen molar-refractivity contribution in [2.24, 2.45) is 5.73 Å². The first-order valence-electron chi connectivity index (χ1n) is 6.27. The van der Waals surface area contributed by atoms with Gasteiger partial charge in [0, 0.05) is 6.04 Å². The predicted octanol–water partition coefficient (Wildman–Crippen LogP) is 4.88. The lowest BCUT2D eigenvalue weighted by Crippen LogP contribution is -2.04. The summed E-state index contributed by atoms with van der Waals surface area (Å²) >= 11 is 3.53. The minimum Gasteiger partial charge on any atom is -0.456 e. The quantitative estimate of drug-likeness (QED) is 0.875. The molecular weight excluding hydrogens is 302 g/mol. The van der Waals surface area contributed by atoms with Crippen molar-refractivity contribution in [1.29, 1.82) is 0 Å². The zero-order valence-electron chi connectivity index (χ0n) is 11.4. The zero-order chi connectivity index (χ0) is 14.0. The van der Waals surface area contributed by atoms with Crippen LogP contribution in [-0.4, -0.2) is 0 Å². The molecule has 0 bridgehead atoms. The molecule has 2 nitrogen and oxygen atoms in total. The lowest BCUT2D eigenvalue weighted by Gasteiger charge is -2.12. The first-order valence-corrected chi connectivity index (χ1v) is 7.07. The summed E-state index contributed by atoms with van der Waals surface area (Å²) in [5.74, 6) is 1.64. The Hall–Kier alpha value is -1.32. The molecule has 0 saturated heterocycles. The summed E-state index contributed by atoms with van der Waals surface area (Å²) < 4.78 is 6.81. The summed E-state index contributed by atoms with van der Waals surface area (Å²) in [5, 5.41) is 0. The second-order valence-electron chi connectivity index (χ2n) is 4.83. The van der Waals surface area contributed by atoms with Crippen molar-refractivity contribution in [3.05, 3.63) is 57.6 Å². The topological polar surface area (TPSA) is 35.2 Å². The van der Waals surface area contributed by atoms with Crippen LogP contribution in [-0.2, 0) is 0 Å². The van der Waals surface area contributed by atoms with E-state index >= 15 is 0 Å². The van der Waals surface area contributed by atoms with Gasteiger partial charge in [0.25, 0.3) is 0 Å². The number of hydrogen-bond donors (Lipinski definition) is 1. The maximum absolute atomic E-state index is 5.89. The number of hydrogen-bond acceptors (Lipinski definition) is 2. The third-order valence-electron chi connectivity index (χ3n) is 3.19. The van der Waals surface area contributed by atoms with Crippen molar-refractivity contribution in [3.63, 3.8) is 0 Å². The molecule has 0 unspecified atom stereocenters.